The second-order valence-corrected chi connectivity index (χ2v) is 4.77. The van der Waals surface area contributed by atoms with Gasteiger partial charge in [0.25, 0.3) is 0 Å². The first-order valence-electron chi connectivity index (χ1n) is 5.69. The van der Waals surface area contributed by atoms with Crippen LogP contribution in [-0.2, 0) is 11.3 Å². The Morgan fingerprint density at radius 2 is 2.05 bits per heavy atom. The number of pyridine rings is 1. The second-order valence-electron chi connectivity index (χ2n) is 3.78. The number of ether oxygens (including phenoxy) is 1. The van der Waals surface area contributed by atoms with Gasteiger partial charge < -0.3 is 9.84 Å². The average Bonchev–Trinajstić information content (AvgIpc) is 2.45. The van der Waals surface area contributed by atoms with E-state index in [4.69, 9.17) is 9.84 Å². The maximum atomic E-state index is 10.8. The number of rotatable bonds is 6. The number of carboxylic acid groups (broad SMARTS) is 1. The molecule has 1 N–H and O–H groups in total. The minimum Gasteiger partial charge on any atom is -0.477 e. The molecule has 1 aromatic heterocycles. The van der Waals surface area contributed by atoms with Gasteiger partial charge in [0.1, 0.15) is 5.69 Å². The van der Waals surface area contributed by atoms with Crippen LogP contribution in [0.2, 0.25) is 0 Å². The molecule has 0 atom stereocenters. The Labute approximate surface area is 115 Å². The van der Waals surface area contributed by atoms with Crippen molar-refractivity contribution in [3.63, 3.8) is 0 Å². The molecule has 0 aliphatic carbocycles. The lowest BCUT2D eigenvalue weighted by atomic mass is 10.2. The summed E-state index contributed by atoms with van der Waals surface area (Å²) < 4.78 is 5.52. The Balaban J connectivity index is 1.80. The third-order valence-corrected chi connectivity index (χ3v) is 3.24. The number of hydrogen-bond donors (Lipinski definition) is 1. The number of thioether (sulfide) groups is 1. The molecule has 0 spiro atoms. The van der Waals surface area contributed by atoms with Crippen molar-refractivity contribution in [3.8, 4) is 0 Å². The number of aromatic carboxylic acids is 1. The Morgan fingerprint density at radius 3 is 2.79 bits per heavy atom. The Morgan fingerprint density at radius 1 is 1.26 bits per heavy atom. The maximum absolute atomic E-state index is 10.8. The summed E-state index contributed by atoms with van der Waals surface area (Å²) in [6, 6.07) is 13.2. The average molecular weight is 275 g/mol. The van der Waals surface area contributed by atoms with Gasteiger partial charge in [0.05, 0.1) is 12.5 Å². The molecule has 2 aromatic rings. The lowest BCUT2D eigenvalue weighted by Crippen LogP contribution is -1.99. The summed E-state index contributed by atoms with van der Waals surface area (Å²) >= 11 is 1.45. The molecule has 1 heterocycles. The Hall–Kier alpha value is -1.85. The number of carboxylic acids is 1. The fourth-order valence-corrected chi connectivity index (χ4v) is 2.12. The van der Waals surface area contributed by atoms with Crippen molar-refractivity contribution >= 4 is 17.7 Å². The standard InChI is InChI=1S/C14H13NO3S/c16-14(17)13-8-12(6-7-15-13)19-10-18-9-11-4-2-1-3-5-11/h1-8H,9-10H2,(H,16,17). The zero-order valence-electron chi connectivity index (χ0n) is 10.2. The van der Waals surface area contributed by atoms with E-state index in [1.54, 1.807) is 12.1 Å². The largest absolute Gasteiger partial charge is 0.477 e. The van der Waals surface area contributed by atoms with Gasteiger partial charge in [0, 0.05) is 11.1 Å². The van der Waals surface area contributed by atoms with E-state index < -0.39 is 5.97 Å². The first kappa shape index (κ1) is 13.6. The van der Waals surface area contributed by atoms with Crippen LogP contribution >= 0.6 is 11.8 Å². The van der Waals surface area contributed by atoms with Crippen LogP contribution in [0.15, 0.2) is 53.6 Å². The van der Waals surface area contributed by atoms with E-state index in [1.165, 1.54) is 18.0 Å². The van der Waals surface area contributed by atoms with Crippen LogP contribution in [0.4, 0.5) is 0 Å². The molecule has 0 bridgehead atoms. The van der Waals surface area contributed by atoms with Gasteiger partial charge in [-0.2, -0.15) is 0 Å². The molecule has 0 fully saturated rings. The van der Waals surface area contributed by atoms with Gasteiger partial charge >= 0.3 is 5.97 Å². The molecule has 2 rings (SSSR count). The summed E-state index contributed by atoms with van der Waals surface area (Å²) in [5.74, 6) is -0.550. The molecule has 0 unspecified atom stereocenters. The van der Waals surface area contributed by atoms with Crippen LogP contribution < -0.4 is 0 Å². The number of nitrogens with zero attached hydrogens (tertiary/aromatic N) is 1. The lowest BCUT2D eigenvalue weighted by Gasteiger charge is -2.04. The minimum absolute atomic E-state index is 0.0491. The van der Waals surface area contributed by atoms with E-state index in [1.807, 2.05) is 30.3 Å². The van der Waals surface area contributed by atoms with Gasteiger partial charge in [0.15, 0.2) is 0 Å². The molecule has 5 heteroatoms. The zero-order valence-corrected chi connectivity index (χ0v) is 11.0. The summed E-state index contributed by atoms with van der Waals surface area (Å²) in [7, 11) is 0. The van der Waals surface area contributed by atoms with Crippen LogP contribution in [0.3, 0.4) is 0 Å². The van der Waals surface area contributed by atoms with Gasteiger partial charge in [-0.1, -0.05) is 42.1 Å². The third-order valence-electron chi connectivity index (χ3n) is 2.37. The third kappa shape index (κ3) is 4.39. The second kappa shape index (κ2) is 6.92. The van der Waals surface area contributed by atoms with E-state index in [2.05, 4.69) is 4.98 Å². The predicted octanol–water partition coefficient (Wildman–Crippen LogP) is 3.05. The predicted molar refractivity (Wildman–Crippen MR) is 73.2 cm³/mol. The molecule has 0 saturated heterocycles. The molecule has 19 heavy (non-hydrogen) atoms. The molecule has 1 aromatic carbocycles. The van der Waals surface area contributed by atoms with Crippen LogP contribution in [0.5, 0.6) is 0 Å². The van der Waals surface area contributed by atoms with Gasteiger partial charge in [0.2, 0.25) is 0 Å². The summed E-state index contributed by atoms with van der Waals surface area (Å²) in [6.45, 7) is 0.546. The summed E-state index contributed by atoms with van der Waals surface area (Å²) in [5, 5.41) is 8.83. The van der Waals surface area contributed by atoms with E-state index in [9.17, 15) is 4.79 Å². The molecule has 98 valence electrons. The van der Waals surface area contributed by atoms with Crippen molar-refractivity contribution in [1.29, 1.82) is 0 Å². The maximum Gasteiger partial charge on any atom is 0.354 e. The van der Waals surface area contributed by atoms with Crippen LogP contribution in [0.1, 0.15) is 16.1 Å². The Kier molecular flexibility index (Phi) is 4.94. The molecular weight excluding hydrogens is 262 g/mol. The van der Waals surface area contributed by atoms with Gasteiger partial charge in [-0.3, -0.25) is 0 Å². The van der Waals surface area contributed by atoms with Crippen molar-refractivity contribution in [2.24, 2.45) is 0 Å². The van der Waals surface area contributed by atoms with E-state index in [-0.39, 0.29) is 5.69 Å². The zero-order chi connectivity index (χ0) is 13.5. The van der Waals surface area contributed by atoms with Crippen LogP contribution in [0, 0.1) is 0 Å². The summed E-state index contributed by atoms with van der Waals surface area (Å²) in [5.41, 5.74) is 1.16. The molecule has 0 radical (unpaired) electrons. The molecule has 4 nitrogen and oxygen atoms in total. The topological polar surface area (TPSA) is 59.4 Å². The Bertz CT molecular complexity index is 545. The number of carbonyl (C=O) groups is 1. The van der Waals surface area contributed by atoms with E-state index in [0.29, 0.717) is 12.5 Å². The van der Waals surface area contributed by atoms with Crippen molar-refractivity contribution < 1.29 is 14.6 Å². The molecule has 0 amide bonds. The van der Waals surface area contributed by atoms with E-state index in [0.717, 1.165) is 10.5 Å². The molecule has 0 aliphatic rings. The highest BCUT2D eigenvalue weighted by atomic mass is 32.2. The normalized spacial score (nSPS) is 10.3. The van der Waals surface area contributed by atoms with Gasteiger partial charge in [-0.25, -0.2) is 9.78 Å². The van der Waals surface area contributed by atoms with Gasteiger partial charge in [-0.05, 0) is 17.7 Å². The van der Waals surface area contributed by atoms with Crippen molar-refractivity contribution in [3.05, 3.63) is 59.9 Å². The first-order valence-corrected chi connectivity index (χ1v) is 6.68. The quantitative estimate of drug-likeness (QED) is 0.499. The monoisotopic (exact) mass is 275 g/mol. The lowest BCUT2D eigenvalue weighted by molar-refractivity contribution is 0.0690. The number of benzene rings is 1. The van der Waals surface area contributed by atoms with Crippen molar-refractivity contribution in [1.82, 2.24) is 4.98 Å². The summed E-state index contributed by atoms with van der Waals surface area (Å²) in [6.07, 6.45) is 1.49. The fourth-order valence-electron chi connectivity index (χ4n) is 1.46. The summed E-state index contributed by atoms with van der Waals surface area (Å²) in [4.78, 5) is 15.4. The van der Waals surface area contributed by atoms with Crippen LogP contribution in [-0.4, -0.2) is 22.0 Å². The minimum atomic E-state index is -1.02. The highest BCUT2D eigenvalue weighted by Crippen LogP contribution is 2.18. The SMILES string of the molecule is O=C(O)c1cc(SCOCc2ccccc2)ccn1. The van der Waals surface area contributed by atoms with Crippen molar-refractivity contribution in [2.45, 2.75) is 11.5 Å². The van der Waals surface area contributed by atoms with Crippen molar-refractivity contribution in [2.75, 3.05) is 5.94 Å². The smallest absolute Gasteiger partial charge is 0.354 e. The molecule has 0 aliphatic heterocycles. The van der Waals surface area contributed by atoms with E-state index >= 15 is 0 Å². The molecule has 0 saturated carbocycles. The van der Waals surface area contributed by atoms with Gasteiger partial charge in [-0.15, -0.1) is 0 Å². The fraction of sp³-hybridized carbons (Fsp3) is 0.143. The van der Waals surface area contributed by atoms with Crippen LogP contribution in [0.25, 0.3) is 0 Å². The highest BCUT2D eigenvalue weighted by Gasteiger charge is 2.05. The number of aromatic nitrogens is 1. The first-order chi connectivity index (χ1) is 9.25. The molecular formula is C14H13NO3S. The number of hydrogen-bond acceptors (Lipinski definition) is 4. The highest BCUT2D eigenvalue weighted by molar-refractivity contribution is 7.99.